The highest BCUT2D eigenvalue weighted by molar-refractivity contribution is 7.14. The van der Waals surface area contributed by atoms with Crippen LogP contribution in [-0.4, -0.2) is 45.2 Å². The molecule has 8 nitrogen and oxygen atoms in total. The number of benzene rings is 1. The van der Waals surface area contributed by atoms with Gasteiger partial charge in [0.15, 0.2) is 12.1 Å². The summed E-state index contributed by atoms with van der Waals surface area (Å²) in [6.07, 6.45) is 6.25. The maximum atomic E-state index is 12.2. The lowest BCUT2D eigenvalue weighted by Crippen LogP contribution is -2.45. The number of hydrogen-bond acceptors (Lipinski definition) is 8. The van der Waals surface area contributed by atoms with Gasteiger partial charge in [0.1, 0.15) is 22.1 Å². The molecule has 0 unspecified atom stereocenters. The van der Waals surface area contributed by atoms with E-state index in [9.17, 15) is 4.79 Å². The maximum Gasteiger partial charge on any atom is 0.273 e. The van der Waals surface area contributed by atoms with Gasteiger partial charge in [-0.3, -0.25) is 4.79 Å². The lowest BCUT2D eigenvalue weighted by Gasteiger charge is -2.33. The number of carbonyl (C=O) groups excluding carboxylic acids is 1. The largest absolute Gasteiger partial charge is 0.451 e. The zero-order chi connectivity index (χ0) is 20.5. The van der Waals surface area contributed by atoms with E-state index in [1.54, 1.807) is 11.3 Å². The van der Waals surface area contributed by atoms with Crippen molar-refractivity contribution in [3.8, 4) is 10.6 Å². The van der Waals surface area contributed by atoms with Crippen molar-refractivity contribution in [2.45, 2.75) is 25.8 Å². The summed E-state index contributed by atoms with van der Waals surface area (Å²) in [5.41, 5.74) is 1.38. The van der Waals surface area contributed by atoms with Gasteiger partial charge in [-0.15, -0.1) is 10.2 Å². The summed E-state index contributed by atoms with van der Waals surface area (Å²) in [5, 5.41) is 15.5. The topological polar surface area (TPSA) is 97.0 Å². The average Bonchev–Trinajstić information content (AvgIpc) is 3.46. The van der Waals surface area contributed by atoms with E-state index in [4.69, 9.17) is 4.42 Å². The van der Waals surface area contributed by atoms with Crippen molar-refractivity contribution in [3.63, 3.8) is 0 Å². The van der Waals surface area contributed by atoms with Gasteiger partial charge < -0.3 is 14.6 Å². The SMILES string of the molecule is Cc1nnc(-c2ccc3cnc(N4CCC(NC(=O)c5cocn5)CC4)cc3c2)s1. The van der Waals surface area contributed by atoms with Gasteiger partial charge in [-0.1, -0.05) is 23.5 Å². The molecule has 0 aliphatic carbocycles. The van der Waals surface area contributed by atoms with Crippen LogP contribution in [0.4, 0.5) is 5.82 Å². The molecule has 0 saturated carbocycles. The van der Waals surface area contributed by atoms with E-state index in [1.807, 2.05) is 13.1 Å². The molecule has 3 aromatic heterocycles. The first kappa shape index (κ1) is 18.7. The fourth-order valence-corrected chi connectivity index (χ4v) is 4.37. The Bertz CT molecular complexity index is 1180. The molecule has 9 heteroatoms. The first-order valence-electron chi connectivity index (χ1n) is 9.80. The third-order valence-electron chi connectivity index (χ3n) is 5.30. The number of amides is 1. The van der Waals surface area contributed by atoms with E-state index < -0.39 is 0 Å². The second-order valence-corrected chi connectivity index (χ2v) is 8.52. The molecule has 1 fully saturated rings. The molecule has 4 aromatic rings. The number of carbonyl (C=O) groups is 1. The molecule has 0 radical (unpaired) electrons. The minimum absolute atomic E-state index is 0.123. The molecule has 1 aromatic carbocycles. The van der Waals surface area contributed by atoms with Crippen LogP contribution in [0, 0.1) is 6.92 Å². The molecule has 0 atom stereocenters. The van der Waals surface area contributed by atoms with Gasteiger partial charge in [-0.05, 0) is 37.3 Å². The Hall–Kier alpha value is -3.33. The first-order chi connectivity index (χ1) is 14.7. The van der Waals surface area contributed by atoms with Crippen LogP contribution in [0.2, 0.25) is 0 Å². The molecule has 5 rings (SSSR count). The van der Waals surface area contributed by atoms with Crippen molar-refractivity contribution < 1.29 is 9.21 Å². The second kappa shape index (κ2) is 7.83. The number of nitrogens with zero attached hydrogens (tertiary/aromatic N) is 5. The van der Waals surface area contributed by atoms with Gasteiger partial charge in [0.2, 0.25) is 0 Å². The van der Waals surface area contributed by atoms with Gasteiger partial charge in [0.25, 0.3) is 5.91 Å². The molecule has 1 amide bonds. The summed E-state index contributed by atoms with van der Waals surface area (Å²) in [6, 6.07) is 8.53. The zero-order valence-electron chi connectivity index (χ0n) is 16.4. The van der Waals surface area contributed by atoms with Crippen LogP contribution >= 0.6 is 11.3 Å². The standard InChI is InChI=1S/C21H20N6O2S/c1-13-25-26-21(30-13)14-2-3-15-10-22-19(9-16(15)8-14)27-6-4-17(5-7-27)24-20(28)18-11-29-12-23-18/h2-3,8-12,17H,4-7H2,1H3,(H,24,28). The predicted octanol–water partition coefficient (Wildman–Crippen LogP) is 3.45. The molecule has 0 bridgehead atoms. The van der Waals surface area contributed by atoms with Crippen LogP contribution in [0.25, 0.3) is 21.3 Å². The summed E-state index contributed by atoms with van der Waals surface area (Å²) in [4.78, 5) is 23.0. The van der Waals surface area contributed by atoms with Crippen molar-refractivity contribution in [2.24, 2.45) is 0 Å². The van der Waals surface area contributed by atoms with Gasteiger partial charge in [0.05, 0.1) is 0 Å². The van der Waals surface area contributed by atoms with Crippen LogP contribution in [-0.2, 0) is 0 Å². The second-order valence-electron chi connectivity index (χ2n) is 7.34. The third-order valence-corrected chi connectivity index (χ3v) is 6.19. The minimum Gasteiger partial charge on any atom is -0.451 e. The normalized spacial score (nSPS) is 14.9. The van der Waals surface area contributed by atoms with E-state index >= 15 is 0 Å². The summed E-state index contributed by atoms with van der Waals surface area (Å²) in [7, 11) is 0. The number of fused-ring (bicyclic) bond motifs is 1. The lowest BCUT2D eigenvalue weighted by molar-refractivity contribution is 0.0926. The van der Waals surface area contributed by atoms with Crippen LogP contribution in [0.15, 0.2) is 47.5 Å². The first-order valence-corrected chi connectivity index (χ1v) is 10.6. The summed E-state index contributed by atoms with van der Waals surface area (Å²) >= 11 is 1.59. The molecule has 1 N–H and O–H groups in total. The van der Waals surface area contributed by atoms with E-state index in [1.165, 1.54) is 12.7 Å². The van der Waals surface area contributed by atoms with Crippen LogP contribution in [0.1, 0.15) is 28.3 Å². The predicted molar refractivity (Wildman–Crippen MR) is 115 cm³/mol. The van der Waals surface area contributed by atoms with E-state index in [-0.39, 0.29) is 11.9 Å². The van der Waals surface area contributed by atoms with Gasteiger partial charge in [-0.2, -0.15) is 0 Å². The lowest BCUT2D eigenvalue weighted by atomic mass is 10.0. The number of aromatic nitrogens is 4. The van der Waals surface area contributed by atoms with Crippen LogP contribution < -0.4 is 10.2 Å². The Kier molecular flexibility index (Phi) is 4.88. The monoisotopic (exact) mass is 420 g/mol. The van der Waals surface area contributed by atoms with E-state index in [0.717, 1.165) is 58.1 Å². The summed E-state index contributed by atoms with van der Waals surface area (Å²) in [6.45, 7) is 3.62. The molecule has 4 heterocycles. The summed E-state index contributed by atoms with van der Waals surface area (Å²) < 4.78 is 4.88. The highest BCUT2D eigenvalue weighted by Crippen LogP contribution is 2.29. The Morgan fingerprint density at radius 2 is 2.03 bits per heavy atom. The number of nitrogens with one attached hydrogen (secondary N) is 1. The number of pyridine rings is 1. The maximum absolute atomic E-state index is 12.2. The Labute approximate surface area is 177 Å². The zero-order valence-corrected chi connectivity index (χ0v) is 17.2. The minimum atomic E-state index is -0.189. The number of hydrogen-bond donors (Lipinski definition) is 1. The molecule has 1 aliphatic heterocycles. The highest BCUT2D eigenvalue weighted by Gasteiger charge is 2.23. The fourth-order valence-electron chi connectivity index (χ4n) is 3.69. The number of rotatable bonds is 4. The molecule has 1 aliphatic rings. The Balaban J connectivity index is 1.29. The third kappa shape index (κ3) is 3.76. The van der Waals surface area contributed by atoms with E-state index in [2.05, 4.69) is 54.6 Å². The van der Waals surface area contributed by atoms with Crippen molar-refractivity contribution in [2.75, 3.05) is 18.0 Å². The number of piperidine rings is 1. The molecule has 30 heavy (non-hydrogen) atoms. The number of aryl methyl sites for hydroxylation is 1. The van der Waals surface area contributed by atoms with Gasteiger partial charge in [-0.25, -0.2) is 9.97 Å². The molecular weight excluding hydrogens is 400 g/mol. The quantitative estimate of drug-likeness (QED) is 0.540. The molecular formula is C21H20N6O2S. The summed E-state index contributed by atoms with van der Waals surface area (Å²) in [5.74, 6) is 0.764. The fraction of sp³-hybridized carbons (Fsp3) is 0.286. The molecule has 1 saturated heterocycles. The van der Waals surface area contributed by atoms with Crippen LogP contribution in [0.5, 0.6) is 0 Å². The average molecular weight is 420 g/mol. The number of oxazole rings is 1. The van der Waals surface area contributed by atoms with Crippen molar-refractivity contribution in [1.29, 1.82) is 0 Å². The number of anilines is 1. The van der Waals surface area contributed by atoms with Crippen LogP contribution in [0.3, 0.4) is 0 Å². The molecule has 0 spiro atoms. The van der Waals surface area contributed by atoms with Crippen molar-refractivity contribution >= 4 is 33.8 Å². The van der Waals surface area contributed by atoms with Gasteiger partial charge >= 0.3 is 0 Å². The van der Waals surface area contributed by atoms with E-state index in [0.29, 0.717) is 5.69 Å². The highest BCUT2D eigenvalue weighted by atomic mass is 32.1. The van der Waals surface area contributed by atoms with Crippen molar-refractivity contribution in [3.05, 3.63) is 53.8 Å². The Morgan fingerprint density at radius 1 is 1.17 bits per heavy atom. The van der Waals surface area contributed by atoms with Crippen molar-refractivity contribution in [1.82, 2.24) is 25.5 Å². The smallest absolute Gasteiger partial charge is 0.273 e. The molecule has 152 valence electrons. The Morgan fingerprint density at radius 3 is 2.77 bits per heavy atom. The van der Waals surface area contributed by atoms with Gasteiger partial charge in [0, 0.05) is 36.3 Å².